The predicted molar refractivity (Wildman–Crippen MR) is 96.9 cm³/mol. The summed E-state index contributed by atoms with van der Waals surface area (Å²) in [5.41, 5.74) is -0.269. The van der Waals surface area contributed by atoms with E-state index in [1.807, 2.05) is 30.3 Å². The lowest BCUT2D eigenvalue weighted by Gasteiger charge is -2.45. The SMILES string of the molecule is CC1CCC(C)C2(C(=O)Oc3cccc4ccccc34)CCCC12. The van der Waals surface area contributed by atoms with Crippen LogP contribution in [0.1, 0.15) is 46.0 Å². The number of carbonyl (C=O) groups excluding carboxylic acids is 1. The first-order chi connectivity index (χ1) is 11.6. The standard InChI is InChI=1S/C22H26O2/c1-15-12-13-16(2)22(14-6-10-19(15)22)21(23)24-20-11-5-8-17-7-3-4-9-18(17)20/h3-5,7-9,11,15-16,19H,6,10,12-14H2,1-2H3. The third-order valence-corrected chi connectivity index (χ3v) is 6.72. The van der Waals surface area contributed by atoms with Crippen LogP contribution in [0.3, 0.4) is 0 Å². The van der Waals surface area contributed by atoms with Crippen molar-refractivity contribution in [3.8, 4) is 5.75 Å². The maximum Gasteiger partial charge on any atom is 0.318 e. The lowest BCUT2D eigenvalue weighted by Crippen LogP contribution is -2.48. The molecule has 0 heterocycles. The molecule has 0 N–H and O–H groups in total. The van der Waals surface area contributed by atoms with Crippen LogP contribution in [0.5, 0.6) is 5.75 Å². The third kappa shape index (κ3) is 2.27. The molecule has 0 bridgehead atoms. The van der Waals surface area contributed by atoms with E-state index in [-0.39, 0.29) is 11.4 Å². The smallest absolute Gasteiger partial charge is 0.318 e. The van der Waals surface area contributed by atoms with Crippen LogP contribution >= 0.6 is 0 Å². The van der Waals surface area contributed by atoms with E-state index in [9.17, 15) is 4.79 Å². The predicted octanol–water partition coefficient (Wildman–Crippen LogP) is 5.60. The molecule has 2 aliphatic rings. The summed E-state index contributed by atoms with van der Waals surface area (Å²) in [5, 5.41) is 2.14. The van der Waals surface area contributed by atoms with E-state index in [1.165, 1.54) is 12.8 Å². The topological polar surface area (TPSA) is 26.3 Å². The minimum absolute atomic E-state index is 0.0143. The molecule has 2 saturated carbocycles. The highest BCUT2D eigenvalue weighted by molar-refractivity contribution is 5.91. The monoisotopic (exact) mass is 322 g/mol. The summed E-state index contributed by atoms with van der Waals surface area (Å²) in [6, 6.07) is 14.1. The van der Waals surface area contributed by atoms with E-state index >= 15 is 0 Å². The van der Waals surface area contributed by atoms with Gasteiger partial charge in [0.1, 0.15) is 5.75 Å². The van der Waals surface area contributed by atoms with Crippen LogP contribution in [0, 0.1) is 23.2 Å². The van der Waals surface area contributed by atoms with Gasteiger partial charge in [-0.25, -0.2) is 0 Å². The summed E-state index contributed by atoms with van der Waals surface area (Å²) in [6.07, 6.45) is 5.71. The van der Waals surface area contributed by atoms with Crippen molar-refractivity contribution in [2.75, 3.05) is 0 Å². The number of esters is 1. The Morgan fingerprint density at radius 1 is 1.04 bits per heavy atom. The van der Waals surface area contributed by atoms with Gasteiger partial charge in [-0.1, -0.05) is 63.1 Å². The number of rotatable bonds is 2. The Balaban J connectivity index is 1.70. The Labute approximate surface area is 144 Å². The first-order valence-electron chi connectivity index (χ1n) is 9.33. The fourth-order valence-electron chi connectivity index (χ4n) is 5.37. The van der Waals surface area contributed by atoms with Crippen molar-refractivity contribution in [1.29, 1.82) is 0 Å². The van der Waals surface area contributed by atoms with Gasteiger partial charge >= 0.3 is 5.97 Å². The van der Waals surface area contributed by atoms with Crippen LogP contribution in [0.4, 0.5) is 0 Å². The maximum atomic E-state index is 13.3. The Morgan fingerprint density at radius 3 is 2.71 bits per heavy atom. The number of ether oxygens (including phenoxy) is 1. The third-order valence-electron chi connectivity index (χ3n) is 6.72. The van der Waals surface area contributed by atoms with Crippen molar-refractivity contribution in [2.24, 2.45) is 23.2 Å². The lowest BCUT2D eigenvalue weighted by molar-refractivity contribution is -0.156. The molecule has 0 amide bonds. The van der Waals surface area contributed by atoms with Gasteiger partial charge in [0, 0.05) is 5.39 Å². The van der Waals surface area contributed by atoms with Gasteiger partial charge in [0.15, 0.2) is 0 Å². The molecule has 126 valence electrons. The van der Waals surface area contributed by atoms with Gasteiger partial charge in [0.2, 0.25) is 0 Å². The molecule has 0 saturated heterocycles. The van der Waals surface area contributed by atoms with Crippen molar-refractivity contribution in [3.05, 3.63) is 42.5 Å². The average molecular weight is 322 g/mol. The highest BCUT2D eigenvalue weighted by Gasteiger charge is 2.57. The Kier molecular flexibility index (Phi) is 3.86. The molecule has 2 aromatic rings. The van der Waals surface area contributed by atoms with Crippen molar-refractivity contribution < 1.29 is 9.53 Å². The molecule has 0 radical (unpaired) electrons. The van der Waals surface area contributed by atoms with Gasteiger partial charge in [-0.05, 0) is 48.5 Å². The average Bonchev–Trinajstić information content (AvgIpc) is 3.06. The summed E-state index contributed by atoms with van der Waals surface area (Å²) < 4.78 is 6.05. The van der Waals surface area contributed by atoms with Gasteiger partial charge in [0.05, 0.1) is 5.41 Å². The molecular weight excluding hydrogens is 296 g/mol. The van der Waals surface area contributed by atoms with E-state index < -0.39 is 0 Å². The molecule has 4 unspecified atom stereocenters. The second-order valence-corrected chi connectivity index (χ2v) is 7.86. The van der Waals surface area contributed by atoms with Gasteiger partial charge in [-0.3, -0.25) is 4.79 Å². The van der Waals surface area contributed by atoms with Crippen LogP contribution in [0.2, 0.25) is 0 Å². The van der Waals surface area contributed by atoms with Gasteiger partial charge in [-0.15, -0.1) is 0 Å². The van der Waals surface area contributed by atoms with Crippen LogP contribution < -0.4 is 4.74 Å². The molecule has 4 atom stereocenters. The zero-order valence-electron chi connectivity index (χ0n) is 14.6. The van der Waals surface area contributed by atoms with Crippen molar-refractivity contribution >= 4 is 16.7 Å². The van der Waals surface area contributed by atoms with E-state index in [4.69, 9.17) is 4.74 Å². The molecule has 2 nitrogen and oxygen atoms in total. The second kappa shape index (κ2) is 5.91. The number of hydrogen-bond donors (Lipinski definition) is 0. The number of carbonyl (C=O) groups is 1. The second-order valence-electron chi connectivity index (χ2n) is 7.86. The number of hydrogen-bond acceptors (Lipinski definition) is 2. The van der Waals surface area contributed by atoms with E-state index in [1.54, 1.807) is 0 Å². The summed E-state index contributed by atoms with van der Waals surface area (Å²) in [4.78, 5) is 13.3. The lowest BCUT2D eigenvalue weighted by atomic mass is 9.58. The minimum Gasteiger partial charge on any atom is -0.425 e. The first-order valence-corrected chi connectivity index (χ1v) is 9.33. The fraction of sp³-hybridized carbons (Fsp3) is 0.500. The zero-order chi connectivity index (χ0) is 16.7. The van der Waals surface area contributed by atoms with Crippen molar-refractivity contribution in [3.63, 3.8) is 0 Å². The Bertz CT molecular complexity index is 760. The molecule has 2 fully saturated rings. The van der Waals surface area contributed by atoms with Crippen LogP contribution in [0.25, 0.3) is 10.8 Å². The largest absolute Gasteiger partial charge is 0.425 e. The molecule has 0 aliphatic heterocycles. The van der Waals surface area contributed by atoms with Crippen molar-refractivity contribution in [1.82, 2.24) is 0 Å². The molecule has 0 spiro atoms. The normalized spacial score (nSPS) is 32.5. The zero-order valence-corrected chi connectivity index (χ0v) is 14.6. The molecule has 4 rings (SSSR count). The van der Waals surface area contributed by atoms with Gasteiger partial charge in [-0.2, -0.15) is 0 Å². The van der Waals surface area contributed by atoms with Gasteiger partial charge < -0.3 is 4.74 Å². The highest BCUT2D eigenvalue weighted by Crippen LogP contribution is 2.58. The molecule has 2 aromatic carbocycles. The fourth-order valence-corrected chi connectivity index (χ4v) is 5.37. The first kappa shape index (κ1) is 15.7. The van der Waals surface area contributed by atoms with Crippen LogP contribution in [-0.2, 0) is 4.79 Å². The summed E-state index contributed by atoms with van der Waals surface area (Å²) >= 11 is 0. The number of fused-ring (bicyclic) bond motifs is 2. The maximum absolute atomic E-state index is 13.3. The van der Waals surface area contributed by atoms with Crippen molar-refractivity contribution in [2.45, 2.75) is 46.0 Å². The molecular formula is C22H26O2. The summed E-state index contributed by atoms with van der Waals surface area (Å²) in [5.74, 6) is 2.26. The molecule has 0 aromatic heterocycles. The quantitative estimate of drug-likeness (QED) is 0.531. The minimum atomic E-state index is -0.269. The van der Waals surface area contributed by atoms with E-state index in [0.29, 0.717) is 23.5 Å². The molecule has 24 heavy (non-hydrogen) atoms. The highest BCUT2D eigenvalue weighted by atomic mass is 16.5. The van der Waals surface area contributed by atoms with Crippen LogP contribution in [0.15, 0.2) is 42.5 Å². The van der Waals surface area contributed by atoms with E-state index in [0.717, 1.165) is 30.0 Å². The molecule has 2 heteroatoms. The van der Waals surface area contributed by atoms with Crippen LogP contribution in [-0.4, -0.2) is 5.97 Å². The number of benzene rings is 2. The Morgan fingerprint density at radius 2 is 1.83 bits per heavy atom. The Hall–Kier alpha value is -1.83. The molecule has 2 aliphatic carbocycles. The summed E-state index contributed by atoms with van der Waals surface area (Å²) in [6.45, 7) is 4.58. The summed E-state index contributed by atoms with van der Waals surface area (Å²) in [7, 11) is 0. The van der Waals surface area contributed by atoms with E-state index in [2.05, 4.69) is 26.0 Å². The van der Waals surface area contributed by atoms with Gasteiger partial charge in [0.25, 0.3) is 0 Å².